The highest BCUT2D eigenvalue weighted by Gasteiger charge is 2.21. The molecule has 1 aromatic heterocycles. The van der Waals surface area contributed by atoms with Gasteiger partial charge in [-0.05, 0) is 54.6 Å². The number of rotatable bonds is 9. The third-order valence-corrected chi connectivity index (χ3v) is 8.34. The van der Waals surface area contributed by atoms with Gasteiger partial charge in [-0.25, -0.2) is 13.4 Å². The molecule has 0 radical (unpaired) electrons. The van der Waals surface area contributed by atoms with Crippen LogP contribution in [0.2, 0.25) is 0 Å². The second-order valence-electron chi connectivity index (χ2n) is 10.3. The molecule has 11 heteroatoms. The van der Waals surface area contributed by atoms with Gasteiger partial charge < -0.3 is 19.9 Å². The van der Waals surface area contributed by atoms with Crippen molar-refractivity contribution >= 4 is 55.5 Å². The van der Waals surface area contributed by atoms with Crippen LogP contribution in [-0.4, -0.2) is 61.6 Å². The number of H-pyrrole nitrogens is 1. The van der Waals surface area contributed by atoms with E-state index >= 15 is 0 Å². The second kappa shape index (κ2) is 12.4. The molecule has 0 saturated carbocycles. The molecule has 0 aliphatic heterocycles. The van der Waals surface area contributed by atoms with E-state index in [0.29, 0.717) is 44.8 Å². The van der Waals surface area contributed by atoms with E-state index in [1.165, 1.54) is 28.9 Å². The number of carbonyl (C=O) groups excluding carboxylic acids is 2. The van der Waals surface area contributed by atoms with Crippen LogP contribution in [0.25, 0.3) is 10.9 Å². The number of benzene rings is 4. The maximum atomic E-state index is 13.0. The molecule has 10 nitrogen and oxygen atoms in total. The zero-order valence-electron chi connectivity index (χ0n) is 24.4. The van der Waals surface area contributed by atoms with E-state index in [2.05, 4.69) is 9.71 Å². The van der Waals surface area contributed by atoms with Gasteiger partial charge in [-0.3, -0.25) is 14.3 Å². The molecule has 3 N–H and O–H groups in total. The summed E-state index contributed by atoms with van der Waals surface area (Å²) < 4.78 is 28.6. The molecule has 5 aromatic rings. The fourth-order valence-corrected chi connectivity index (χ4v) is 5.72. The number of hydrogen-bond acceptors (Lipinski definition) is 6. The fraction of sp³-hybridized carbons (Fsp3) is 0.121. The van der Waals surface area contributed by atoms with Crippen LogP contribution in [0.5, 0.6) is 5.88 Å². The van der Waals surface area contributed by atoms with Crippen molar-refractivity contribution in [1.82, 2.24) is 9.88 Å². The number of nitrogens with zero attached hydrogens (tertiary/aromatic N) is 3. The summed E-state index contributed by atoms with van der Waals surface area (Å²) in [4.78, 5) is 35.4. The Hall–Kier alpha value is -5.42. The number of likely N-dealkylation sites (N-methyl/N-ethyl adjacent to an activating group) is 1. The molecule has 2 amide bonds. The lowest BCUT2D eigenvalue weighted by Gasteiger charge is -2.22. The lowest BCUT2D eigenvalue weighted by molar-refractivity contribution is -0.129. The van der Waals surface area contributed by atoms with Crippen molar-refractivity contribution in [3.8, 4) is 5.88 Å². The largest absolute Gasteiger partial charge is 0.494 e. The maximum absolute atomic E-state index is 13.0. The minimum Gasteiger partial charge on any atom is -0.494 e. The van der Waals surface area contributed by atoms with E-state index < -0.39 is 10.0 Å². The van der Waals surface area contributed by atoms with Crippen LogP contribution < -0.4 is 9.62 Å². The summed E-state index contributed by atoms with van der Waals surface area (Å²) in [5, 5.41) is 11.7. The molecular weight excluding hydrogens is 578 g/mol. The van der Waals surface area contributed by atoms with Gasteiger partial charge in [0.15, 0.2) is 5.88 Å². The number of carbonyl (C=O) groups is 2. The highest BCUT2D eigenvalue weighted by Crippen LogP contribution is 2.34. The standard InChI is InChI=1S/C33H31N5O5S/c1-22(39)38(21-30(40)37(2)3)26-17-14-24(15-18-26)34-32(23-10-6-4-7-11-23)31-28-20-25(16-19-29(28)35-33(31)41)36-44(42,43)27-12-8-5-9-13-27/h4-20,35-36,41H,21H2,1-3H3. The van der Waals surface area contributed by atoms with Crippen LogP contribution in [0.3, 0.4) is 0 Å². The number of aliphatic imine (C=N–C) groups is 1. The van der Waals surface area contributed by atoms with Gasteiger partial charge in [-0.1, -0.05) is 48.5 Å². The van der Waals surface area contributed by atoms with E-state index in [0.717, 1.165) is 0 Å². The Morgan fingerprint density at radius 2 is 1.52 bits per heavy atom. The van der Waals surface area contributed by atoms with Crippen LogP contribution in [0.1, 0.15) is 18.1 Å². The van der Waals surface area contributed by atoms with E-state index in [1.54, 1.807) is 74.8 Å². The first kappa shape index (κ1) is 30.1. The van der Waals surface area contributed by atoms with E-state index in [-0.39, 0.29) is 29.1 Å². The molecule has 0 fully saturated rings. The summed E-state index contributed by atoms with van der Waals surface area (Å²) in [5.41, 5.74) is 3.51. The second-order valence-corrected chi connectivity index (χ2v) is 11.9. The van der Waals surface area contributed by atoms with Gasteiger partial charge in [0.25, 0.3) is 10.0 Å². The SMILES string of the molecule is CC(=O)N(CC(=O)N(C)C)c1ccc(N=C(c2ccccc2)c2c(O)[nH]c3ccc(NS(=O)(=O)c4ccccc4)cc23)cc1. The van der Waals surface area contributed by atoms with Crippen molar-refractivity contribution in [1.29, 1.82) is 0 Å². The zero-order chi connectivity index (χ0) is 31.4. The average molecular weight is 610 g/mol. The lowest BCUT2D eigenvalue weighted by Crippen LogP contribution is -2.39. The molecule has 1 heterocycles. The number of aromatic hydroxyl groups is 1. The van der Waals surface area contributed by atoms with Gasteiger partial charge in [0, 0.05) is 48.9 Å². The third-order valence-electron chi connectivity index (χ3n) is 6.94. The first-order valence-electron chi connectivity index (χ1n) is 13.7. The molecule has 0 bridgehead atoms. The van der Waals surface area contributed by atoms with E-state index in [9.17, 15) is 23.1 Å². The van der Waals surface area contributed by atoms with Crippen LogP contribution in [0, 0.1) is 0 Å². The Balaban J connectivity index is 1.57. The van der Waals surface area contributed by atoms with Crippen LogP contribution in [-0.2, 0) is 19.6 Å². The quantitative estimate of drug-likeness (QED) is 0.195. The van der Waals surface area contributed by atoms with E-state index in [4.69, 9.17) is 4.99 Å². The number of aromatic amines is 1. The Bertz CT molecular complexity index is 1950. The van der Waals surface area contributed by atoms with Gasteiger partial charge in [0.2, 0.25) is 11.8 Å². The summed E-state index contributed by atoms with van der Waals surface area (Å²) in [7, 11) is -0.584. The number of hydrogen-bond donors (Lipinski definition) is 3. The van der Waals surface area contributed by atoms with Gasteiger partial charge in [-0.15, -0.1) is 0 Å². The fourth-order valence-electron chi connectivity index (χ4n) is 4.65. The highest BCUT2D eigenvalue weighted by molar-refractivity contribution is 7.92. The van der Waals surface area contributed by atoms with Gasteiger partial charge in [0.05, 0.1) is 21.9 Å². The summed E-state index contributed by atoms with van der Waals surface area (Å²) in [5.74, 6) is -0.620. The third kappa shape index (κ3) is 6.47. The van der Waals surface area contributed by atoms with E-state index in [1.807, 2.05) is 30.3 Å². The number of fused-ring (bicyclic) bond motifs is 1. The first-order valence-corrected chi connectivity index (χ1v) is 15.2. The number of amides is 2. The molecule has 0 saturated heterocycles. The molecular formula is C33H31N5O5S. The molecule has 5 rings (SSSR count). The summed E-state index contributed by atoms with van der Waals surface area (Å²) in [6.45, 7) is 1.30. The normalized spacial score (nSPS) is 11.8. The molecule has 44 heavy (non-hydrogen) atoms. The summed E-state index contributed by atoms with van der Waals surface area (Å²) in [6.07, 6.45) is 0. The number of anilines is 2. The van der Waals surface area contributed by atoms with Gasteiger partial charge in [-0.2, -0.15) is 0 Å². The van der Waals surface area contributed by atoms with Crippen molar-refractivity contribution in [3.63, 3.8) is 0 Å². The van der Waals surface area contributed by atoms with Crippen LogP contribution in [0.4, 0.5) is 17.1 Å². The smallest absolute Gasteiger partial charge is 0.261 e. The van der Waals surface area contributed by atoms with Crippen molar-refractivity contribution in [2.75, 3.05) is 30.3 Å². The van der Waals surface area contributed by atoms with Crippen molar-refractivity contribution in [3.05, 3.63) is 114 Å². The van der Waals surface area contributed by atoms with Crippen LogP contribution in [0.15, 0.2) is 113 Å². The van der Waals surface area contributed by atoms with Crippen molar-refractivity contribution < 1.29 is 23.1 Å². The Morgan fingerprint density at radius 1 is 0.886 bits per heavy atom. The highest BCUT2D eigenvalue weighted by atomic mass is 32.2. The molecule has 224 valence electrons. The maximum Gasteiger partial charge on any atom is 0.261 e. The zero-order valence-corrected chi connectivity index (χ0v) is 25.2. The summed E-state index contributed by atoms with van der Waals surface area (Å²) >= 11 is 0. The Labute approximate surface area is 255 Å². The van der Waals surface area contributed by atoms with Crippen LogP contribution >= 0.6 is 0 Å². The minimum absolute atomic E-state index is 0.0974. The predicted molar refractivity (Wildman–Crippen MR) is 172 cm³/mol. The predicted octanol–water partition coefficient (Wildman–Crippen LogP) is 5.28. The first-order chi connectivity index (χ1) is 21.0. The van der Waals surface area contributed by atoms with Crippen molar-refractivity contribution in [2.45, 2.75) is 11.8 Å². The monoisotopic (exact) mass is 609 g/mol. The summed E-state index contributed by atoms with van der Waals surface area (Å²) in [6, 6.07) is 29.1. The van der Waals surface area contributed by atoms with Gasteiger partial charge >= 0.3 is 0 Å². The molecule has 0 unspecified atom stereocenters. The minimum atomic E-state index is -3.84. The molecule has 4 aromatic carbocycles. The lowest BCUT2D eigenvalue weighted by atomic mass is 10.0. The number of aromatic nitrogens is 1. The molecule has 0 spiro atoms. The number of nitrogens with one attached hydrogen (secondary N) is 2. The number of sulfonamides is 1. The average Bonchev–Trinajstić information content (AvgIpc) is 3.34. The topological polar surface area (TPSA) is 135 Å². The molecule has 0 atom stereocenters. The molecule has 0 aliphatic carbocycles. The Kier molecular flexibility index (Phi) is 8.50. The van der Waals surface area contributed by atoms with Gasteiger partial charge in [0.1, 0.15) is 6.54 Å². The molecule has 0 aliphatic rings. The van der Waals surface area contributed by atoms with Crippen molar-refractivity contribution in [2.24, 2.45) is 4.99 Å². The Morgan fingerprint density at radius 3 is 2.14 bits per heavy atom.